The van der Waals surface area contributed by atoms with Crippen molar-refractivity contribution in [1.29, 1.82) is 0 Å². The Hall–Kier alpha value is -1.88. The molecule has 0 aliphatic heterocycles. The van der Waals surface area contributed by atoms with Crippen LogP contribution in [-0.4, -0.2) is 29.6 Å². The molecule has 0 spiro atoms. The van der Waals surface area contributed by atoms with Gasteiger partial charge in [0.25, 0.3) is 0 Å². The quantitative estimate of drug-likeness (QED) is 0.724. The van der Waals surface area contributed by atoms with Crippen LogP contribution in [0.2, 0.25) is 0 Å². The number of carbonyl (C=O) groups is 2. The van der Waals surface area contributed by atoms with Crippen LogP contribution in [-0.2, 0) is 20.9 Å². The van der Waals surface area contributed by atoms with E-state index in [-0.39, 0.29) is 12.5 Å². The lowest BCUT2D eigenvalue weighted by atomic mass is 10.2. The molecule has 0 saturated heterocycles. The number of carboxylic acids is 1. The average molecular weight is 279 g/mol. The summed E-state index contributed by atoms with van der Waals surface area (Å²) in [5, 5.41) is 11.5. The molecule has 2 N–H and O–H groups in total. The number of carboxylic acid groups (broad SMARTS) is 1. The van der Waals surface area contributed by atoms with Gasteiger partial charge in [0.1, 0.15) is 0 Å². The van der Waals surface area contributed by atoms with E-state index < -0.39 is 12.0 Å². The van der Waals surface area contributed by atoms with Gasteiger partial charge in [-0.15, -0.1) is 0 Å². The number of nitrogens with one attached hydrogen (secondary N) is 1. The van der Waals surface area contributed by atoms with Gasteiger partial charge in [0.2, 0.25) is 5.91 Å². The van der Waals surface area contributed by atoms with Gasteiger partial charge in [-0.1, -0.05) is 43.7 Å². The number of aliphatic carboxylic acids is 1. The molecule has 20 heavy (non-hydrogen) atoms. The minimum atomic E-state index is -1.08. The van der Waals surface area contributed by atoms with Crippen molar-refractivity contribution < 1.29 is 19.4 Å². The number of hydrogen-bond donors (Lipinski definition) is 2. The first-order valence-electron chi connectivity index (χ1n) is 6.77. The molecule has 0 heterocycles. The van der Waals surface area contributed by atoms with E-state index in [0.29, 0.717) is 13.0 Å². The predicted molar refractivity (Wildman–Crippen MR) is 75.2 cm³/mol. The van der Waals surface area contributed by atoms with Crippen molar-refractivity contribution in [3.8, 4) is 0 Å². The second-order valence-electron chi connectivity index (χ2n) is 4.56. The van der Waals surface area contributed by atoms with E-state index in [1.165, 1.54) is 0 Å². The number of rotatable bonds is 9. The van der Waals surface area contributed by atoms with Gasteiger partial charge in [0.05, 0.1) is 13.2 Å². The van der Waals surface area contributed by atoms with Crippen LogP contribution < -0.4 is 5.32 Å². The zero-order valence-electron chi connectivity index (χ0n) is 11.7. The Kier molecular flexibility index (Phi) is 7.35. The molecule has 0 aromatic heterocycles. The molecule has 1 rings (SSSR count). The molecule has 1 aromatic carbocycles. The molecule has 0 radical (unpaired) electrons. The van der Waals surface area contributed by atoms with Gasteiger partial charge in [-0.3, -0.25) is 4.79 Å². The van der Waals surface area contributed by atoms with Gasteiger partial charge in [-0.2, -0.15) is 0 Å². The molecular weight excluding hydrogens is 258 g/mol. The summed E-state index contributed by atoms with van der Waals surface area (Å²) in [6.07, 6.45) is 2.00. The maximum Gasteiger partial charge on any atom is 0.328 e. The van der Waals surface area contributed by atoms with Crippen LogP contribution >= 0.6 is 0 Å². The van der Waals surface area contributed by atoms with E-state index in [9.17, 15) is 9.59 Å². The van der Waals surface area contributed by atoms with Gasteiger partial charge >= 0.3 is 5.97 Å². The maximum absolute atomic E-state index is 11.5. The van der Waals surface area contributed by atoms with Gasteiger partial charge < -0.3 is 15.2 Å². The second kappa shape index (κ2) is 9.09. The van der Waals surface area contributed by atoms with Crippen molar-refractivity contribution >= 4 is 11.9 Å². The first-order valence-corrected chi connectivity index (χ1v) is 6.77. The molecule has 110 valence electrons. The number of benzene rings is 1. The highest BCUT2D eigenvalue weighted by Crippen LogP contribution is 2.02. The van der Waals surface area contributed by atoms with Crippen LogP contribution in [0.15, 0.2) is 30.3 Å². The number of carbonyl (C=O) groups excluding carboxylic acids is 1. The first kappa shape index (κ1) is 16.2. The van der Waals surface area contributed by atoms with Crippen LogP contribution in [0.5, 0.6) is 0 Å². The third-order valence-corrected chi connectivity index (χ3v) is 2.79. The number of amides is 1. The van der Waals surface area contributed by atoms with E-state index in [4.69, 9.17) is 9.84 Å². The van der Waals surface area contributed by atoms with Crippen molar-refractivity contribution in [2.45, 2.75) is 38.8 Å². The Morgan fingerprint density at radius 3 is 2.60 bits per heavy atom. The maximum atomic E-state index is 11.5. The fourth-order valence-corrected chi connectivity index (χ4v) is 1.65. The highest BCUT2D eigenvalue weighted by atomic mass is 16.5. The molecule has 5 heteroatoms. The second-order valence-corrected chi connectivity index (χ2v) is 4.56. The molecule has 0 unspecified atom stereocenters. The zero-order valence-corrected chi connectivity index (χ0v) is 11.7. The Bertz CT molecular complexity index is 419. The first-order chi connectivity index (χ1) is 9.63. The third-order valence-electron chi connectivity index (χ3n) is 2.79. The third kappa shape index (κ3) is 6.33. The van der Waals surface area contributed by atoms with Crippen LogP contribution in [0.4, 0.5) is 0 Å². The zero-order chi connectivity index (χ0) is 14.8. The molecule has 1 atom stereocenters. The predicted octanol–water partition coefficient (Wildman–Crippen LogP) is 1.96. The summed E-state index contributed by atoms with van der Waals surface area (Å²) in [4.78, 5) is 22.6. The number of hydrogen-bond acceptors (Lipinski definition) is 3. The van der Waals surface area contributed by atoms with Crippen molar-refractivity contribution in [2.24, 2.45) is 0 Å². The molecule has 0 bridgehead atoms. The normalized spacial score (nSPS) is 11.8. The highest BCUT2D eigenvalue weighted by Gasteiger charge is 2.19. The summed E-state index contributed by atoms with van der Waals surface area (Å²) in [6.45, 7) is 2.27. The fraction of sp³-hybridized carbons (Fsp3) is 0.467. The van der Waals surface area contributed by atoms with Crippen LogP contribution in [0, 0.1) is 0 Å². The summed E-state index contributed by atoms with van der Waals surface area (Å²) >= 11 is 0. The number of ether oxygens (including phenoxy) is 1. The lowest BCUT2D eigenvalue weighted by molar-refractivity contribution is -0.143. The van der Waals surface area contributed by atoms with Crippen molar-refractivity contribution in [3.63, 3.8) is 0 Å². The Labute approximate surface area is 118 Å². The Morgan fingerprint density at radius 2 is 2.00 bits per heavy atom. The molecule has 1 amide bonds. The monoisotopic (exact) mass is 279 g/mol. The van der Waals surface area contributed by atoms with Crippen molar-refractivity contribution in [1.82, 2.24) is 5.32 Å². The van der Waals surface area contributed by atoms with Crippen molar-refractivity contribution in [3.05, 3.63) is 35.9 Å². The molecular formula is C15H21NO4. The SMILES string of the molecule is CCCCC(=O)N[C@H](COCc1ccccc1)C(=O)O. The van der Waals surface area contributed by atoms with Crippen molar-refractivity contribution in [2.75, 3.05) is 6.61 Å². The lowest BCUT2D eigenvalue weighted by Crippen LogP contribution is -2.43. The topological polar surface area (TPSA) is 75.6 Å². The summed E-state index contributed by atoms with van der Waals surface area (Å²) in [7, 11) is 0. The smallest absolute Gasteiger partial charge is 0.328 e. The summed E-state index contributed by atoms with van der Waals surface area (Å²) in [5.74, 6) is -1.33. The fourth-order valence-electron chi connectivity index (χ4n) is 1.65. The largest absolute Gasteiger partial charge is 0.480 e. The number of unbranched alkanes of at least 4 members (excludes halogenated alkanes) is 1. The van der Waals surface area contributed by atoms with E-state index in [0.717, 1.165) is 18.4 Å². The summed E-state index contributed by atoms with van der Waals surface area (Å²) < 4.78 is 5.35. The summed E-state index contributed by atoms with van der Waals surface area (Å²) in [5.41, 5.74) is 0.967. The van der Waals surface area contributed by atoms with E-state index in [2.05, 4.69) is 5.32 Å². The highest BCUT2D eigenvalue weighted by molar-refractivity contribution is 5.83. The molecule has 0 aliphatic rings. The molecule has 0 fully saturated rings. The van der Waals surface area contributed by atoms with E-state index in [1.54, 1.807) is 0 Å². The minimum absolute atomic E-state index is 0.0396. The van der Waals surface area contributed by atoms with E-state index >= 15 is 0 Å². The summed E-state index contributed by atoms with van der Waals surface area (Å²) in [6, 6.07) is 8.48. The molecule has 0 saturated carbocycles. The van der Waals surface area contributed by atoms with Gasteiger partial charge in [-0.25, -0.2) is 4.79 Å². The van der Waals surface area contributed by atoms with Crippen LogP contribution in [0.3, 0.4) is 0 Å². The van der Waals surface area contributed by atoms with Gasteiger partial charge in [-0.05, 0) is 12.0 Å². The van der Waals surface area contributed by atoms with Gasteiger partial charge in [0, 0.05) is 6.42 Å². The minimum Gasteiger partial charge on any atom is -0.480 e. The molecule has 1 aromatic rings. The Morgan fingerprint density at radius 1 is 1.30 bits per heavy atom. The van der Waals surface area contributed by atoms with E-state index in [1.807, 2.05) is 37.3 Å². The Balaban J connectivity index is 2.35. The van der Waals surface area contributed by atoms with Crippen LogP contribution in [0.1, 0.15) is 31.7 Å². The molecule has 5 nitrogen and oxygen atoms in total. The molecule has 0 aliphatic carbocycles. The lowest BCUT2D eigenvalue weighted by Gasteiger charge is -2.14. The average Bonchev–Trinajstić information content (AvgIpc) is 2.45. The van der Waals surface area contributed by atoms with Crippen LogP contribution in [0.25, 0.3) is 0 Å². The van der Waals surface area contributed by atoms with Gasteiger partial charge in [0.15, 0.2) is 6.04 Å². The standard InChI is InChI=1S/C15H21NO4/c1-2-3-9-14(17)16-13(15(18)19)11-20-10-12-7-5-4-6-8-12/h4-8,13H,2-3,9-11H2,1H3,(H,16,17)(H,18,19)/t13-/m1/s1.